The van der Waals surface area contributed by atoms with Crippen LogP contribution in [0.3, 0.4) is 0 Å². The highest BCUT2D eigenvalue weighted by atomic mass is 16.2. The molecule has 4 heteroatoms. The number of primary amides is 1. The summed E-state index contributed by atoms with van der Waals surface area (Å²) in [5.41, 5.74) is 6.53. The molecule has 4 nitrogen and oxygen atoms in total. The van der Waals surface area contributed by atoms with Crippen molar-refractivity contribution in [2.45, 2.75) is 13.3 Å². The number of anilines is 1. The number of rotatable bonds is 2. The van der Waals surface area contributed by atoms with E-state index in [1.807, 2.05) is 19.1 Å². The molecule has 0 saturated carbocycles. The third kappa shape index (κ3) is 2.58. The maximum absolute atomic E-state index is 10.9. The third-order valence-corrected chi connectivity index (χ3v) is 1.84. The third-order valence-electron chi connectivity index (χ3n) is 1.84. The minimum atomic E-state index is -0.982. The van der Waals surface area contributed by atoms with Crippen molar-refractivity contribution in [2.24, 2.45) is 5.73 Å². The van der Waals surface area contributed by atoms with Gasteiger partial charge in [-0.25, -0.2) is 0 Å². The largest absolute Gasteiger partial charge is 0.361 e. The van der Waals surface area contributed by atoms with Crippen LogP contribution >= 0.6 is 0 Å². The zero-order valence-electron chi connectivity index (χ0n) is 7.91. The maximum atomic E-state index is 10.9. The van der Waals surface area contributed by atoms with Crippen LogP contribution in [0.2, 0.25) is 0 Å². The van der Waals surface area contributed by atoms with E-state index >= 15 is 0 Å². The lowest BCUT2D eigenvalue weighted by Gasteiger charge is -2.02. The average Bonchev–Trinajstić information content (AvgIpc) is 2.19. The Kier molecular flexibility index (Phi) is 3.23. The standard InChI is InChI=1S/C10H12N2O2/c1-2-7-3-5-8(6-4-7)12-10(14)9(11)13/h3-6H,2H2,1H3,(H2,11,13)(H,12,14). The van der Waals surface area contributed by atoms with E-state index in [0.717, 1.165) is 6.42 Å². The minimum Gasteiger partial charge on any atom is -0.361 e. The molecule has 0 aromatic heterocycles. The Labute approximate surface area is 82.1 Å². The molecule has 1 aromatic rings. The number of carbonyl (C=O) groups is 2. The van der Waals surface area contributed by atoms with Crippen LogP contribution in [-0.4, -0.2) is 11.8 Å². The first kappa shape index (κ1) is 10.2. The van der Waals surface area contributed by atoms with Gasteiger partial charge in [0.15, 0.2) is 0 Å². The molecule has 14 heavy (non-hydrogen) atoms. The monoisotopic (exact) mass is 192 g/mol. The molecule has 0 saturated heterocycles. The molecule has 0 atom stereocenters. The molecule has 0 bridgehead atoms. The summed E-state index contributed by atoms with van der Waals surface area (Å²) in [5.74, 6) is -1.78. The second-order valence-corrected chi connectivity index (χ2v) is 2.87. The van der Waals surface area contributed by atoms with Gasteiger partial charge in [0.25, 0.3) is 0 Å². The summed E-state index contributed by atoms with van der Waals surface area (Å²) >= 11 is 0. The number of benzene rings is 1. The average molecular weight is 192 g/mol. The number of nitrogens with one attached hydrogen (secondary N) is 1. The highest BCUT2D eigenvalue weighted by molar-refractivity contribution is 6.39. The van der Waals surface area contributed by atoms with Gasteiger partial charge in [0, 0.05) is 5.69 Å². The quantitative estimate of drug-likeness (QED) is 0.676. The van der Waals surface area contributed by atoms with Crippen LogP contribution in [0.1, 0.15) is 12.5 Å². The molecular weight excluding hydrogens is 180 g/mol. The van der Waals surface area contributed by atoms with Crippen molar-refractivity contribution >= 4 is 17.5 Å². The van der Waals surface area contributed by atoms with Gasteiger partial charge in [-0.1, -0.05) is 19.1 Å². The fourth-order valence-corrected chi connectivity index (χ4v) is 1.02. The van der Waals surface area contributed by atoms with Crippen LogP contribution < -0.4 is 11.1 Å². The predicted molar refractivity (Wildman–Crippen MR) is 53.6 cm³/mol. The summed E-state index contributed by atoms with van der Waals surface area (Å²) in [5, 5.41) is 2.38. The van der Waals surface area contributed by atoms with Crippen LogP contribution in [0.4, 0.5) is 5.69 Å². The Hall–Kier alpha value is -1.84. The van der Waals surface area contributed by atoms with Crippen LogP contribution in [0.25, 0.3) is 0 Å². The van der Waals surface area contributed by atoms with Gasteiger partial charge in [0.05, 0.1) is 0 Å². The van der Waals surface area contributed by atoms with E-state index in [0.29, 0.717) is 5.69 Å². The topological polar surface area (TPSA) is 72.2 Å². The zero-order valence-corrected chi connectivity index (χ0v) is 7.91. The molecule has 0 aliphatic rings. The SMILES string of the molecule is CCc1ccc(NC(=O)C(N)=O)cc1. The highest BCUT2D eigenvalue weighted by Crippen LogP contribution is 2.09. The van der Waals surface area contributed by atoms with Gasteiger partial charge in [-0.15, -0.1) is 0 Å². The van der Waals surface area contributed by atoms with E-state index in [4.69, 9.17) is 5.73 Å². The summed E-state index contributed by atoms with van der Waals surface area (Å²) in [4.78, 5) is 21.3. The van der Waals surface area contributed by atoms with E-state index in [1.165, 1.54) is 5.56 Å². The van der Waals surface area contributed by atoms with Gasteiger partial charge in [-0.3, -0.25) is 9.59 Å². The lowest BCUT2D eigenvalue weighted by Crippen LogP contribution is -2.29. The number of amides is 2. The summed E-state index contributed by atoms with van der Waals surface area (Å²) in [6, 6.07) is 7.24. The van der Waals surface area contributed by atoms with E-state index in [2.05, 4.69) is 5.32 Å². The van der Waals surface area contributed by atoms with Gasteiger partial charge >= 0.3 is 11.8 Å². The normalized spacial score (nSPS) is 9.50. The van der Waals surface area contributed by atoms with Crippen molar-refractivity contribution in [3.63, 3.8) is 0 Å². The summed E-state index contributed by atoms with van der Waals surface area (Å²) in [6.45, 7) is 2.04. The number of carbonyl (C=O) groups excluding carboxylic acids is 2. The second-order valence-electron chi connectivity index (χ2n) is 2.87. The number of nitrogens with two attached hydrogens (primary N) is 1. The van der Waals surface area contributed by atoms with E-state index in [9.17, 15) is 9.59 Å². The Morgan fingerprint density at radius 2 is 1.86 bits per heavy atom. The smallest absolute Gasteiger partial charge is 0.313 e. The highest BCUT2D eigenvalue weighted by Gasteiger charge is 2.07. The molecule has 1 rings (SSSR count). The fourth-order valence-electron chi connectivity index (χ4n) is 1.02. The van der Waals surface area contributed by atoms with E-state index < -0.39 is 11.8 Å². The molecule has 0 spiro atoms. The molecule has 0 heterocycles. The Bertz CT molecular complexity index is 344. The molecule has 2 amide bonds. The lowest BCUT2D eigenvalue weighted by atomic mass is 10.1. The molecule has 1 aromatic carbocycles. The van der Waals surface area contributed by atoms with E-state index in [1.54, 1.807) is 12.1 Å². The first-order valence-electron chi connectivity index (χ1n) is 4.33. The summed E-state index contributed by atoms with van der Waals surface area (Å²) in [6.07, 6.45) is 0.935. The van der Waals surface area contributed by atoms with Crippen molar-refractivity contribution in [3.8, 4) is 0 Å². The van der Waals surface area contributed by atoms with Crippen molar-refractivity contribution in [1.29, 1.82) is 0 Å². The van der Waals surface area contributed by atoms with Gasteiger partial charge in [0.2, 0.25) is 0 Å². The molecule has 0 fully saturated rings. The van der Waals surface area contributed by atoms with Gasteiger partial charge in [-0.05, 0) is 24.1 Å². The van der Waals surface area contributed by atoms with Gasteiger partial charge < -0.3 is 11.1 Å². The van der Waals surface area contributed by atoms with Crippen molar-refractivity contribution in [1.82, 2.24) is 0 Å². The fraction of sp³-hybridized carbons (Fsp3) is 0.200. The minimum absolute atomic E-state index is 0.575. The molecule has 74 valence electrons. The molecule has 0 unspecified atom stereocenters. The second kappa shape index (κ2) is 4.41. The molecule has 0 aliphatic carbocycles. The lowest BCUT2D eigenvalue weighted by molar-refractivity contribution is -0.134. The van der Waals surface area contributed by atoms with Crippen LogP contribution in [0.15, 0.2) is 24.3 Å². The summed E-state index contributed by atoms with van der Waals surface area (Å²) in [7, 11) is 0. The summed E-state index contributed by atoms with van der Waals surface area (Å²) < 4.78 is 0. The van der Waals surface area contributed by atoms with Crippen molar-refractivity contribution < 1.29 is 9.59 Å². The number of hydrogen-bond donors (Lipinski definition) is 2. The van der Waals surface area contributed by atoms with Crippen LogP contribution in [0, 0.1) is 0 Å². The first-order valence-corrected chi connectivity index (χ1v) is 4.33. The molecule has 0 aliphatic heterocycles. The number of aryl methyl sites for hydroxylation is 1. The maximum Gasteiger partial charge on any atom is 0.313 e. The molecule has 3 N–H and O–H groups in total. The van der Waals surface area contributed by atoms with Crippen molar-refractivity contribution in [2.75, 3.05) is 5.32 Å². The molecule has 0 radical (unpaired) electrons. The Morgan fingerprint density at radius 3 is 2.29 bits per heavy atom. The molecular formula is C10H12N2O2. The van der Waals surface area contributed by atoms with Crippen molar-refractivity contribution in [3.05, 3.63) is 29.8 Å². The van der Waals surface area contributed by atoms with Gasteiger partial charge in [-0.2, -0.15) is 0 Å². The Morgan fingerprint density at radius 1 is 1.29 bits per heavy atom. The van der Waals surface area contributed by atoms with Crippen LogP contribution in [-0.2, 0) is 16.0 Å². The predicted octanol–water partition coefficient (Wildman–Crippen LogP) is 0.673. The Balaban J connectivity index is 2.69. The number of hydrogen-bond acceptors (Lipinski definition) is 2. The van der Waals surface area contributed by atoms with Gasteiger partial charge in [0.1, 0.15) is 0 Å². The zero-order chi connectivity index (χ0) is 10.6. The first-order chi connectivity index (χ1) is 6.63. The van der Waals surface area contributed by atoms with Crippen LogP contribution in [0.5, 0.6) is 0 Å². The van der Waals surface area contributed by atoms with E-state index in [-0.39, 0.29) is 0 Å².